The number of methoxy groups -OCH3 is 1. The minimum absolute atomic E-state index is 0.0216. The first kappa shape index (κ1) is 24.5. The van der Waals surface area contributed by atoms with E-state index in [1.807, 2.05) is 56.3 Å². The Hall–Kier alpha value is -3.11. The van der Waals surface area contributed by atoms with E-state index in [-0.39, 0.29) is 12.3 Å². The van der Waals surface area contributed by atoms with Crippen molar-refractivity contribution >= 4 is 5.97 Å². The van der Waals surface area contributed by atoms with Crippen LogP contribution in [0.2, 0.25) is 0 Å². The number of benzene rings is 3. The topological polar surface area (TPSA) is 66.8 Å². The van der Waals surface area contributed by atoms with E-state index < -0.39 is 12.1 Å². The van der Waals surface area contributed by atoms with E-state index in [9.17, 15) is 9.90 Å². The van der Waals surface area contributed by atoms with Crippen molar-refractivity contribution in [1.82, 2.24) is 0 Å². The zero-order valence-corrected chi connectivity index (χ0v) is 19.8. The number of aryl methyl sites for hydroxylation is 3. The lowest BCUT2D eigenvalue weighted by atomic mass is 9.84. The number of hydrogen-bond donors (Lipinski definition) is 2. The van der Waals surface area contributed by atoms with Crippen LogP contribution in [0.1, 0.15) is 52.3 Å². The van der Waals surface area contributed by atoms with Crippen molar-refractivity contribution in [3.8, 4) is 5.75 Å². The molecule has 0 spiro atoms. The molecule has 0 aliphatic carbocycles. The van der Waals surface area contributed by atoms with Crippen molar-refractivity contribution in [3.05, 3.63) is 100 Å². The predicted octanol–water partition coefficient (Wildman–Crippen LogP) is 5.85. The number of carboxylic acids is 1. The summed E-state index contributed by atoms with van der Waals surface area (Å²) in [7, 11) is 1.67. The van der Waals surface area contributed by atoms with Crippen molar-refractivity contribution in [2.45, 2.75) is 52.1 Å². The van der Waals surface area contributed by atoms with Gasteiger partial charge >= 0.3 is 5.97 Å². The lowest BCUT2D eigenvalue weighted by molar-refractivity contribution is -0.136. The van der Waals surface area contributed by atoms with Crippen LogP contribution in [-0.2, 0) is 24.1 Å². The maximum atomic E-state index is 11.4. The van der Waals surface area contributed by atoms with Crippen molar-refractivity contribution in [2.75, 3.05) is 7.11 Å². The molecule has 0 radical (unpaired) electrons. The molecule has 33 heavy (non-hydrogen) atoms. The molecular weight excluding hydrogens is 412 g/mol. The summed E-state index contributed by atoms with van der Waals surface area (Å²) in [6.07, 6.45) is 3.00. The van der Waals surface area contributed by atoms with Gasteiger partial charge in [0.1, 0.15) is 5.75 Å². The summed E-state index contributed by atoms with van der Waals surface area (Å²) in [4.78, 5) is 11.0. The monoisotopic (exact) mass is 446 g/mol. The van der Waals surface area contributed by atoms with Gasteiger partial charge in [0.25, 0.3) is 0 Å². The number of aliphatic carboxylic acids is 1. The summed E-state index contributed by atoms with van der Waals surface area (Å²) in [5.74, 6) is 0.0778. The van der Waals surface area contributed by atoms with Crippen LogP contribution in [0.5, 0.6) is 5.75 Å². The Balaban J connectivity index is 1.78. The standard InChI is InChI=1S/C29H34O4/c1-20-16-26(17-21(2)29(20)33-3)28(32)25(11-7-10-22-8-5-4-6-9-22)18-23-12-14-24(15-13-23)19-27(30)31/h4-6,8-9,12-17,25,28,32H,7,10-11,18-19H2,1-3H3,(H,30,31)/t25-,28?/m1/s1. The fourth-order valence-electron chi connectivity index (χ4n) is 4.60. The van der Waals surface area contributed by atoms with Gasteiger partial charge in [0, 0.05) is 0 Å². The number of carbonyl (C=O) groups is 1. The van der Waals surface area contributed by atoms with Crippen LogP contribution in [0.15, 0.2) is 66.7 Å². The Kier molecular flexibility index (Phi) is 8.67. The van der Waals surface area contributed by atoms with Crippen LogP contribution in [0.25, 0.3) is 0 Å². The first-order valence-corrected chi connectivity index (χ1v) is 11.5. The number of carboxylic acid groups (broad SMARTS) is 1. The van der Waals surface area contributed by atoms with Gasteiger partial charge in [0.05, 0.1) is 19.6 Å². The van der Waals surface area contributed by atoms with Crippen LogP contribution in [-0.4, -0.2) is 23.3 Å². The summed E-state index contributed by atoms with van der Waals surface area (Å²) in [5, 5.41) is 20.4. The Morgan fingerprint density at radius 3 is 2.09 bits per heavy atom. The molecule has 0 aromatic heterocycles. The van der Waals surface area contributed by atoms with E-state index in [1.165, 1.54) is 5.56 Å². The molecule has 0 aliphatic heterocycles. The van der Waals surface area contributed by atoms with Gasteiger partial charge in [-0.15, -0.1) is 0 Å². The van der Waals surface area contributed by atoms with Gasteiger partial charge in [-0.2, -0.15) is 0 Å². The first-order chi connectivity index (χ1) is 15.9. The number of aliphatic hydroxyl groups excluding tert-OH is 1. The zero-order chi connectivity index (χ0) is 23.8. The quantitative estimate of drug-likeness (QED) is 0.387. The largest absolute Gasteiger partial charge is 0.496 e. The lowest BCUT2D eigenvalue weighted by Gasteiger charge is -2.25. The smallest absolute Gasteiger partial charge is 0.307 e. The molecule has 0 fully saturated rings. The number of ether oxygens (including phenoxy) is 1. The van der Waals surface area contributed by atoms with Crippen LogP contribution >= 0.6 is 0 Å². The summed E-state index contributed by atoms with van der Waals surface area (Å²) >= 11 is 0. The highest BCUT2D eigenvalue weighted by molar-refractivity contribution is 5.70. The van der Waals surface area contributed by atoms with E-state index in [4.69, 9.17) is 9.84 Å². The Morgan fingerprint density at radius 2 is 1.52 bits per heavy atom. The van der Waals surface area contributed by atoms with Gasteiger partial charge in [-0.3, -0.25) is 4.79 Å². The number of rotatable bonds is 11. The van der Waals surface area contributed by atoms with E-state index in [0.29, 0.717) is 0 Å². The number of aliphatic hydroxyl groups is 1. The van der Waals surface area contributed by atoms with Crippen LogP contribution in [0.4, 0.5) is 0 Å². The summed E-state index contributed by atoms with van der Waals surface area (Å²) in [5.41, 5.74) is 6.15. The molecule has 1 unspecified atom stereocenters. The highest BCUT2D eigenvalue weighted by Gasteiger charge is 2.23. The Bertz CT molecular complexity index is 1020. The van der Waals surface area contributed by atoms with Gasteiger partial charge in [-0.1, -0.05) is 54.6 Å². The van der Waals surface area contributed by atoms with Crippen molar-refractivity contribution in [3.63, 3.8) is 0 Å². The molecule has 0 heterocycles. The minimum Gasteiger partial charge on any atom is -0.496 e. The van der Waals surface area contributed by atoms with E-state index in [0.717, 1.165) is 59.3 Å². The fourth-order valence-corrected chi connectivity index (χ4v) is 4.60. The first-order valence-electron chi connectivity index (χ1n) is 11.5. The molecule has 4 nitrogen and oxygen atoms in total. The van der Waals surface area contributed by atoms with Crippen molar-refractivity contribution in [2.24, 2.45) is 5.92 Å². The summed E-state index contributed by atoms with van der Waals surface area (Å²) < 4.78 is 5.50. The van der Waals surface area contributed by atoms with Crippen molar-refractivity contribution in [1.29, 1.82) is 0 Å². The molecule has 2 atom stereocenters. The molecule has 3 rings (SSSR count). The molecule has 0 saturated carbocycles. The highest BCUT2D eigenvalue weighted by Crippen LogP contribution is 2.34. The van der Waals surface area contributed by atoms with E-state index >= 15 is 0 Å². The molecule has 2 N–H and O–H groups in total. The van der Waals surface area contributed by atoms with Gasteiger partial charge in [-0.25, -0.2) is 0 Å². The lowest BCUT2D eigenvalue weighted by Crippen LogP contribution is -2.17. The maximum absolute atomic E-state index is 11.4. The molecule has 0 aliphatic rings. The summed E-state index contributed by atoms with van der Waals surface area (Å²) in [6.45, 7) is 4.02. The van der Waals surface area contributed by atoms with Gasteiger partial charge in [-0.05, 0) is 91.0 Å². The third-order valence-corrected chi connectivity index (χ3v) is 6.23. The predicted molar refractivity (Wildman–Crippen MR) is 132 cm³/mol. The highest BCUT2D eigenvalue weighted by atomic mass is 16.5. The van der Waals surface area contributed by atoms with Gasteiger partial charge < -0.3 is 14.9 Å². The van der Waals surface area contributed by atoms with Gasteiger partial charge in [0.2, 0.25) is 0 Å². The van der Waals surface area contributed by atoms with Gasteiger partial charge in [0.15, 0.2) is 0 Å². The average molecular weight is 447 g/mol. The van der Waals surface area contributed by atoms with Crippen LogP contribution < -0.4 is 4.74 Å². The van der Waals surface area contributed by atoms with Crippen LogP contribution in [0, 0.1) is 19.8 Å². The maximum Gasteiger partial charge on any atom is 0.307 e. The molecule has 0 bridgehead atoms. The van der Waals surface area contributed by atoms with Crippen LogP contribution in [0.3, 0.4) is 0 Å². The molecular formula is C29H34O4. The molecule has 3 aromatic carbocycles. The molecule has 0 amide bonds. The van der Waals surface area contributed by atoms with Crippen molar-refractivity contribution < 1.29 is 19.7 Å². The number of hydrogen-bond acceptors (Lipinski definition) is 3. The Labute approximate surface area is 196 Å². The zero-order valence-electron chi connectivity index (χ0n) is 19.8. The minimum atomic E-state index is -0.831. The second kappa shape index (κ2) is 11.7. The third-order valence-electron chi connectivity index (χ3n) is 6.23. The molecule has 3 aromatic rings. The SMILES string of the molecule is COc1c(C)cc(C(O)[C@H](CCCc2ccccc2)Cc2ccc(CC(=O)O)cc2)cc1C. The fraction of sp³-hybridized carbons (Fsp3) is 0.345. The normalized spacial score (nSPS) is 12.8. The molecule has 174 valence electrons. The second-order valence-corrected chi connectivity index (χ2v) is 8.86. The second-order valence-electron chi connectivity index (χ2n) is 8.86. The third kappa shape index (κ3) is 6.93. The molecule has 0 saturated heterocycles. The van der Waals surface area contributed by atoms with E-state index in [2.05, 4.69) is 24.3 Å². The summed E-state index contributed by atoms with van der Waals surface area (Å²) in [6, 6.07) is 22.2. The van der Waals surface area contributed by atoms with E-state index in [1.54, 1.807) is 7.11 Å². The Morgan fingerprint density at radius 1 is 0.909 bits per heavy atom. The average Bonchev–Trinajstić information content (AvgIpc) is 2.79. The molecule has 4 heteroatoms.